The van der Waals surface area contributed by atoms with E-state index in [0.717, 1.165) is 18.3 Å². The van der Waals surface area contributed by atoms with Crippen LogP contribution in [0.4, 0.5) is 0 Å². The maximum Gasteiger partial charge on any atom is 0.139 e. The molecule has 0 heterocycles. The van der Waals surface area contributed by atoms with Crippen molar-refractivity contribution in [3.05, 3.63) is 0 Å². The standard InChI is InChI=1S/C12H18O/c1-11-6-5-10(13)12(11,2)9-4-3-8(11)7-9/h8-9H,3-7H2,1-2H3/t8-,9+,11+,12+/m0/s1. The Bertz CT molecular complexity index is 283. The highest BCUT2D eigenvalue weighted by molar-refractivity contribution is 5.89. The van der Waals surface area contributed by atoms with Gasteiger partial charge in [-0.1, -0.05) is 13.8 Å². The molecule has 0 aromatic rings. The molecule has 0 aliphatic heterocycles. The number of carbonyl (C=O) groups excluding carboxylic acids is 1. The summed E-state index contributed by atoms with van der Waals surface area (Å²) in [5.41, 5.74) is 0.461. The zero-order chi connectivity index (χ0) is 9.27. The number of rotatable bonds is 0. The molecular weight excluding hydrogens is 160 g/mol. The normalized spacial score (nSPS) is 58.8. The fraction of sp³-hybridized carbons (Fsp3) is 0.917. The van der Waals surface area contributed by atoms with Gasteiger partial charge in [-0.3, -0.25) is 4.79 Å². The molecule has 3 fully saturated rings. The maximum atomic E-state index is 12.0. The highest BCUT2D eigenvalue weighted by atomic mass is 16.1. The van der Waals surface area contributed by atoms with Crippen molar-refractivity contribution in [1.29, 1.82) is 0 Å². The van der Waals surface area contributed by atoms with Gasteiger partial charge in [0.25, 0.3) is 0 Å². The Kier molecular flexibility index (Phi) is 1.24. The molecule has 13 heavy (non-hydrogen) atoms. The SMILES string of the molecule is C[C@@]12C(=O)CC[C@]1(C)[C@H]1CC[C@@H]2C1. The van der Waals surface area contributed by atoms with Crippen LogP contribution in [0.5, 0.6) is 0 Å². The van der Waals surface area contributed by atoms with Crippen molar-refractivity contribution in [3.8, 4) is 0 Å². The lowest BCUT2D eigenvalue weighted by Gasteiger charge is -2.43. The molecule has 0 radical (unpaired) electrons. The predicted molar refractivity (Wildman–Crippen MR) is 51.3 cm³/mol. The van der Waals surface area contributed by atoms with Gasteiger partial charge < -0.3 is 0 Å². The monoisotopic (exact) mass is 178 g/mol. The molecule has 1 nitrogen and oxygen atoms in total. The van der Waals surface area contributed by atoms with Gasteiger partial charge in [-0.25, -0.2) is 0 Å². The highest BCUT2D eigenvalue weighted by Crippen LogP contribution is 2.71. The zero-order valence-electron chi connectivity index (χ0n) is 8.60. The summed E-state index contributed by atoms with van der Waals surface area (Å²) in [5.74, 6) is 2.17. The Morgan fingerprint density at radius 1 is 1.23 bits per heavy atom. The predicted octanol–water partition coefficient (Wildman–Crippen LogP) is 2.79. The van der Waals surface area contributed by atoms with Crippen LogP contribution >= 0.6 is 0 Å². The second-order valence-electron chi connectivity index (χ2n) is 5.75. The summed E-state index contributed by atoms with van der Waals surface area (Å²) in [5, 5.41) is 0. The zero-order valence-corrected chi connectivity index (χ0v) is 8.60. The van der Waals surface area contributed by atoms with Gasteiger partial charge in [-0.05, 0) is 42.9 Å². The van der Waals surface area contributed by atoms with E-state index in [9.17, 15) is 4.79 Å². The highest BCUT2D eigenvalue weighted by Gasteiger charge is 2.67. The van der Waals surface area contributed by atoms with Crippen LogP contribution in [0.25, 0.3) is 0 Å². The molecule has 3 aliphatic rings. The second kappa shape index (κ2) is 2.02. The summed E-state index contributed by atoms with van der Waals surface area (Å²) in [6.07, 6.45) is 6.09. The third-order valence-corrected chi connectivity index (χ3v) is 5.79. The average Bonchev–Trinajstić information content (AvgIpc) is 2.70. The van der Waals surface area contributed by atoms with E-state index in [1.54, 1.807) is 0 Å². The average molecular weight is 178 g/mol. The van der Waals surface area contributed by atoms with Crippen LogP contribution in [0, 0.1) is 22.7 Å². The molecule has 0 aromatic heterocycles. The molecular formula is C12H18O. The molecule has 3 rings (SSSR count). The lowest BCUT2D eigenvalue weighted by Crippen LogP contribution is -2.42. The summed E-state index contributed by atoms with van der Waals surface area (Å²) >= 11 is 0. The second-order valence-corrected chi connectivity index (χ2v) is 5.75. The van der Waals surface area contributed by atoms with Gasteiger partial charge in [0.15, 0.2) is 0 Å². The van der Waals surface area contributed by atoms with Gasteiger partial charge in [0.1, 0.15) is 5.78 Å². The maximum absolute atomic E-state index is 12.0. The van der Waals surface area contributed by atoms with E-state index in [1.807, 2.05) is 0 Å². The Hall–Kier alpha value is -0.330. The molecule has 0 saturated heterocycles. The van der Waals surface area contributed by atoms with Gasteiger partial charge in [0.2, 0.25) is 0 Å². The number of Topliss-reactive ketones (excluding diaryl/α,β-unsaturated/α-hetero) is 1. The first-order valence-corrected chi connectivity index (χ1v) is 5.62. The van der Waals surface area contributed by atoms with Crippen LogP contribution in [0.1, 0.15) is 46.0 Å². The Morgan fingerprint density at radius 2 is 1.92 bits per heavy atom. The van der Waals surface area contributed by atoms with Crippen LogP contribution in [0.3, 0.4) is 0 Å². The molecule has 72 valence electrons. The lowest BCUT2D eigenvalue weighted by atomic mass is 9.59. The minimum Gasteiger partial charge on any atom is -0.299 e. The summed E-state index contributed by atoms with van der Waals surface area (Å²) in [7, 11) is 0. The van der Waals surface area contributed by atoms with Crippen molar-refractivity contribution in [2.24, 2.45) is 22.7 Å². The number of hydrogen-bond acceptors (Lipinski definition) is 1. The van der Waals surface area contributed by atoms with Crippen LogP contribution in [-0.2, 0) is 4.79 Å². The van der Waals surface area contributed by atoms with Crippen molar-refractivity contribution in [2.45, 2.75) is 46.0 Å². The molecule has 0 N–H and O–H groups in total. The summed E-state index contributed by atoms with van der Waals surface area (Å²) in [4.78, 5) is 12.0. The van der Waals surface area contributed by atoms with Crippen molar-refractivity contribution in [2.75, 3.05) is 0 Å². The van der Waals surface area contributed by atoms with E-state index in [4.69, 9.17) is 0 Å². The third kappa shape index (κ3) is 0.628. The molecule has 4 atom stereocenters. The smallest absolute Gasteiger partial charge is 0.139 e. The third-order valence-electron chi connectivity index (χ3n) is 5.79. The van der Waals surface area contributed by atoms with E-state index in [-0.39, 0.29) is 5.41 Å². The molecule has 0 aromatic carbocycles. The Labute approximate surface area is 79.9 Å². The van der Waals surface area contributed by atoms with E-state index in [2.05, 4.69) is 13.8 Å². The van der Waals surface area contributed by atoms with Crippen LogP contribution in [0.15, 0.2) is 0 Å². The number of fused-ring (bicyclic) bond motifs is 5. The number of carbonyl (C=O) groups is 1. The van der Waals surface area contributed by atoms with E-state index < -0.39 is 0 Å². The molecule has 0 spiro atoms. The molecule has 0 amide bonds. The molecule has 0 unspecified atom stereocenters. The quantitative estimate of drug-likeness (QED) is 0.557. The number of hydrogen-bond donors (Lipinski definition) is 0. The first kappa shape index (κ1) is 8.02. The summed E-state index contributed by atoms with van der Waals surface area (Å²) < 4.78 is 0. The van der Waals surface area contributed by atoms with Gasteiger partial charge >= 0.3 is 0 Å². The first-order chi connectivity index (χ1) is 6.09. The minimum atomic E-state index is 0.0793. The molecule has 3 aliphatic carbocycles. The van der Waals surface area contributed by atoms with Gasteiger partial charge in [-0.15, -0.1) is 0 Å². The van der Waals surface area contributed by atoms with Gasteiger partial charge in [0.05, 0.1) is 0 Å². The van der Waals surface area contributed by atoms with Crippen molar-refractivity contribution < 1.29 is 4.79 Å². The number of ketones is 1. The fourth-order valence-electron chi connectivity index (χ4n) is 4.62. The van der Waals surface area contributed by atoms with Crippen molar-refractivity contribution >= 4 is 5.78 Å². The van der Waals surface area contributed by atoms with Gasteiger partial charge in [-0.2, -0.15) is 0 Å². The largest absolute Gasteiger partial charge is 0.299 e. The van der Waals surface area contributed by atoms with E-state index in [1.165, 1.54) is 25.7 Å². The topological polar surface area (TPSA) is 17.1 Å². The van der Waals surface area contributed by atoms with Crippen molar-refractivity contribution in [3.63, 3.8) is 0 Å². The van der Waals surface area contributed by atoms with Crippen LogP contribution < -0.4 is 0 Å². The van der Waals surface area contributed by atoms with Crippen molar-refractivity contribution in [1.82, 2.24) is 0 Å². The van der Waals surface area contributed by atoms with Crippen LogP contribution in [0.2, 0.25) is 0 Å². The molecule has 2 bridgehead atoms. The fourth-order valence-corrected chi connectivity index (χ4v) is 4.62. The van der Waals surface area contributed by atoms with E-state index in [0.29, 0.717) is 11.2 Å². The van der Waals surface area contributed by atoms with Crippen LogP contribution in [-0.4, -0.2) is 5.78 Å². The summed E-state index contributed by atoms with van der Waals surface area (Å²) in [6.45, 7) is 4.63. The Balaban J connectivity index is 2.14. The molecule has 1 heteroatoms. The van der Waals surface area contributed by atoms with Gasteiger partial charge in [0, 0.05) is 11.8 Å². The minimum absolute atomic E-state index is 0.0793. The van der Waals surface area contributed by atoms with E-state index >= 15 is 0 Å². The summed E-state index contributed by atoms with van der Waals surface area (Å²) in [6, 6.07) is 0. The molecule has 3 saturated carbocycles. The lowest BCUT2D eigenvalue weighted by molar-refractivity contribution is -0.131. The first-order valence-electron chi connectivity index (χ1n) is 5.62. The Morgan fingerprint density at radius 3 is 2.62 bits per heavy atom.